The van der Waals surface area contributed by atoms with Gasteiger partial charge in [-0.1, -0.05) is 28.1 Å². The third-order valence-electron chi connectivity index (χ3n) is 3.32. The van der Waals surface area contributed by atoms with Crippen molar-refractivity contribution in [2.45, 2.75) is 19.4 Å². The van der Waals surface area contributed by atoms with Crippen molar-refractivity contribution < 1.29 is 13.2 Å². The molecule has 4 nitrogen and oxygen atoms in total. The van der Waals surface area contributed by atoms with Crippen molar-refractivity contribution in [1.29, 1.82) is 0 Å². The van der Waals surface area contributed by atoms with E-state index in [1.54, 1.807) is 11.4 Å². The van der Waals surface area contributed by atoms with Crippen molar-refractivity contribution in [2.24, 2.45) is 0 Å². The van der Waals surface area contributed by atoms with E-state index in [1.165, 1.54) is 5.56 Å². The summed E-state index contributed by atoms with van der Waals surface area (Å²) in [7, 11) is -1.59. The first-order valence-electron chi connectivity index (χ1n) is 6.27. The Balaban J connectivity index is 2.09. The molecular weight excluding hydrogens is 330 g/mol. The number of rotatable bonds is 5. The summed E-state index contributed by atoms with van der Waals surface area (Å²) in [4.78, 5) is 0. The number of hydrogen-bond acceptors (Lipinski definition) is 3. The van der Waals surface area contributed by atoms with Crippen molar-refractivity contribution in [3.05, 3.63) is 33.8 Å². The Hall–Kier alpha value is -0.430. The average Bonchev–Trinajstić information content (AvgIpc) is 2.39. The van der Waals surface area contributed by atoms with Crippen molar-refractivity contribution in [1.82, 2.24) is 4.31 Å². The van der Waals surface area contributed by atoms with E-state index >= 15 is 0 Å². The summed E-state index contributed by atoms with van der Waals surface area (Å²) >= 11 is 3.52. The van der Waals surface area contributed by atoms with Crippen molar-refractivity contribution in [3.8, 4) is 0 Å². The number of nitrogens with zero attached hydrogens (tertiary/aromatic N) is 1. The molecule has 19 heavy (non-hydrogen) atoms. The highest BCUT2D eigenvalue weighted by Crippen LogP contribution is 2.27. The van der Waals surface area contributed by atoms with Crippen LogP contribution >= 0.6 is 15.9 Å². The summed E-state index contributed by atoms with van der Waals surface area (Å²) in [6.45, 7) is 1.52. The van der Waals surface area contributed by atoms with Gasteiger partial charge in [-0.3, -0.25) is 0 Å². The Morgan fingerprint density at radius 2 is 2.21 bits per heavy atom. The molecule has 1 aromatic rings. The molecule has 2 rings (SSSR count). The minimum absolute atomic E-state index is 0.157. The lowest BCUT2D eigenvalue weighted by atomic mass is 10.0. The largest absolute Gasteiger partial charge is 0.385 e. The van der Waals surface area contributed by atoms with Gasteiger partial charge in [0.25, 0.3) is 0 Å². The summed E-state index contributed by atoms with van der Waals surface area (Å²) in [5.74, 6) is 0.157. The molecule has 1 heterocycles. The van der Waals surface area contributed by atoms with Gasteiger partial charge in [-0.05, 0) is 30.0 Å². The number of methoxy groups -OCH3 is 1. The maximum atomic E-state index is 12.2. The summed E-state index contributed by atoms with van der Waals surface area (Å²) in [5.41, 5.74) is 2.32. The smallest absolute Gasteiger partial charge is 0.214 e. The molecule has 0 aliphatic carbocycles. The number of benzene rings is 1. The van der Waals surface area contributed by atoms with E-state index in [-0.39, 0.29) is 5.75 Å². The molecule has 1 aliphatic heterocycles. The van der Waals surface area contributed by atoms with Gasteiger partial charge in [0, 0.05) is 31.3 Å². The lowest BCUT2D eigenvalue weighted by Gasteiger charge is -2.28. The van der Waals surface area contributed by atoms with E-state index in [0.29, 0.717) is 26.1 Å². The molecule has 106 valence electrons. The van der Waals surface area contributed by atoms with Gasteiger partial charge in [-0.2, -0.15) is 4.31 Å². The molecule has 0 atom stereocenters. The Bertz CT molecular complexity index is 545. The van der Waals surface area contributed by atoms with Crippen molar-refractivity contribution in [2.75, 3.05) is 26.0 Å². The van der Waals surface area contributed by atoms with Gasteiger partial charge < -0.3 is 4.74 Å². The summed E-state index contributed by atoms with van der Waals surface area (Å²) in [5, 5.41) is 0. The van der Waals surface area contributed by atoms with Crippen LogP contribution in [0.1, 0.15) is 17.5 Å². The second kappa shape index (κ2) is 6.35. The van der Waals surface area contributed by atoms with Gasteiger partial charge in [-0.25, -0.2) is 8.42 Å². The van der Waals surface area contributed by atoms with Crippen LogP contribution in [0.2, 0.25) is 0 Å². The van der Waals surface area contributed by atoms with E-state index in [2.05, 4.69) is 15.9 Å². The minimum atomic E-state index is -3.17. The zero-order chi connectivity index (χ0) is 13.9. The zero-order valence-electron chi connectivity index (χ0n) is 10.9. The van der Waals surface area contributed by atoms with E-state index in [1.807, 2.05) is 18.2 Å². The first-order chi connectivity index (χ1) is 9.04. The topological polar surface area (TPSA) is 46.6 Å². The van der Waals surface area contributed by atoms with Crippen LogP contribution in [0.15, 0.2) is 22.7 Å². The minimum Gasteiger partial charge on any atom is -0.385 e. The number of hydrogen-bond donors (Lipinski definition) is 0. The highest BCUT2D eigenvalue weighted by atomic mass is 79.9. The van der Waals surface area contributed by atoms with Crippen molar-refractivity contribution >= 4 is 26.0 Å². The van der Waals surface area contributed by atoms with Gasteiger partial charge >= 0.3 is 0 Å². The van der Waals surface area contributed by atoms with Crippen LogP contribution in [0.25, 0.3) is 0 Å². The second-order valence-corrected chi connectivity index (χ2v) is 7.57. The fourth-order valence-electron chi connectivity index (χ4n) is 2.29. The quantitative estimate of drug-likeness (QED) is 0.767. The number of ether oxygens (including phenoxy) is 1. The first kappa shape index (κ1) is 15.0. The van der Waals surface area contributed by atoms with Gasteiger partial charge in [0.2, 0.25) is 10.0 Å². The van der Waals surface area contributed by atoms with Crippen molar-refractivity contribution in [3.63, 3.8) is 0 Å². The molecule has 0 saturated heterocycles. The molecular formula is C13H18BrNO3S. The first-order valence-corrected chi connectivity index (χ1v) is 8.68. The molecule has 1 aliphatic rings. The van der Waals surface area contributed by atoms with Gasteiger partial charge in [0.1, 0.15) is 0 Å². The van der Waals surface area contributed by atoms with Crippen LogP contribution in [0.5, 0.6) is 0 Å². The number of sulfonamides is 1. The predicted molar refractivity (Wildman–Crippen MR) is 78.5 cm³/mol. The molecule has 6 heteroatoms. The van der Waals surface area contributed by atoms with E-state index in [4.69, 9.17) is 4.74 Å². The maximum Gasteiger partial charge on any atom is 0.214 e. The molecule has 0 fully saturated rings. The number of halogens is 1. The van der Waals surface area contributed by atoms with E-state index in [0.717, 1.165) is 16.5 Å². The predicted octanol–water partition coefficient (Wildman–Crippen LogP) is 2.17. The van der Waals surface area contributed by atoms with Crippen LogP contribution in [0.4, 0.5) is 0 Å². The Labute approximate surface area is 122 Å². The highest BCUT2D eigenvalue weighted by Gasteiger charge is 2.26. The maximum absolute atomic E-state index is 12.2. The van der Waals surface area contributed by atoms with Gasteiger partial charge in [0.15, 0.2) is 0 Å². The second-order valence-electron chi connectivity index (χ2n) is 4.62. The molecule has 0 aromatic heterocycles. The van der Waals surface area contributed by atoms with Crippen LogP contribution < -0.4 is 0 Å². The lowest BCUT2D eigenvalue weighted by molar-refractivity contribution is 0.199. The van der Waals surface area contributed by atoms with E-state index in [9.17, 15) is 8.42 Å². The molecule has 0 N–H and O–H groups in total. The van der Waals surface area contributed by atoms with Crippen LogP contribution in [0.3, 0.4) is 0 Å². The fraction of sp³-hybridized carbons (Fsp3) is 0.538. The third-order valence-corrected chi connectivity index (χ3v) is 5.96. The fourth-order valence-corrected chi connectivity index (χ4v) is 4.34. The normalized spacial score (nSPS) is 16.3. The zero-order valence-corrected chi connectivity index (χ0v) is 13.3. The third kappa shape index (κ3) is 3.56. The summed E-state index contributed by atoms with van der Waals surface area (Å²) in [6.07, 6.45) is 1.31. The summed E-state index contributed by atoms with van der Waals surface area (Å²) in [6, 6.07) is 5.95. The molecule has 0 unspecified atom stereocenters. The van der Waals surface area contributed by atoms with Crippen LogP contribution in [-0.4, -0.2) is 38.7 Å². The molecule has 0 bridgehead atoms. The molecule has 0 amide bonds. The Kier molecular flexibility index (Phi) is 5.00. The summed E-state index contributed by atoms with van der Waals surface area (Å²) < 4.78 is 32.0. The average molecular weight is 348 g/mol. The Morgan fingerprint density at radius 1 is 1.42 bits per heavy atom. The molecule has 0 saturated carbocycles. The van der Waals surface area contributed by atoms with Crippen LogP contribution in [0, 0.1) is 0 Å². The SMILES string of the molecule is COCCCS(=O)(=O)N1CCc2c(Br)cccc2C1. The van der Waals surface area contributed by atoms with Gasteiger partial charge in [-0.15, -0.1) is 0 Å². The molecule has 0 spiro atoms. The van der Waals surface area contributed by atoms with Crippen LogP contribution in [-0.2, 0) is 27.7 Å². The Morgan fingerprint density at radius 3 is 2.95 bits per heavy atom. The lowest BCUT2D eigenvalue weighted by Crippen LogP contribution is -2.37. The van der Waals surface area contributed by atoms with Gasteiger partial charge in [0.05, 0.1) is 5.75 Å². The highest BCUT2D eigenvalue weighted by molar-refractivity contribution is 9.10. The monoisotopic (exact) mass is 347 g/mol. The standard InChI is InChI=1S/C13H18BrNO3S/c1-18-8-3-9-19(16,17)15-7-6-12-11(10-15)4-2-5-13(12)14/h2,4-5H,3,6-10H2,1H3. The van der Waals surface area contributed by atoms with E-state index < -0.39 is 10.0 Å². The molecule has 0 radical (unpaired) electrons. The molecule has 1 aromatic carbocycles. The number of fused-ring (bicyclic) bond motifs is 1.